The standard InChI is InChI=1S/C18H19NO2/c1-13-12-19(16-10-6-5-9-15(13)16)18(21)11-17(20)14-7-3-2-4-8-14/h2-10,13,17,20H,11-12H2,1H3. The Morgan fingerprint density at radius 2 is 1.86 bits per heavy atom. The number of amides is 1. The van der Waals surface area contributed by atoms with Crippen LogP contribution in [0.1, 0.15) is 36.5 Å². The van der Waals surface area contributed by atoms with Gasteiger partial charge in [-0.25, -0.2) is 0 Å². The first-order valence-electron chi connectivity index (χ1n) is 7.29. The van der Waals surface area contributed by atoms with E-state index in [0.29, 0.717) is 12.5 Å². The molecular weight excluding hydrogens is 262 g/mol. The summed E-state index contributed by atoms with van der Waals surface area (Å²) in [6, 6.07) is 17.3. The molecule has 3 heteroatoms. The second kappa shape index (κ2) is 5.70. The van der Waals surface area contributed by atoms with Gasteiger partial charge in [0.1, 0.15) is 0 Å². The number of fused-ring (bicyclic) bond motifs is 1. The number of rotatable bonds is 3. The average Bonchev–Trinajstić information content (AvgIpc) is 2.86. The zero-order valence-corrected chi connectivity index (χ0v) is 12.1. The highest BCUT2D eigenvalue weighted by molar-refractivity contribution is 5.96. The number of hydrogen-bond donors (Lipinski definition) is 1. The molecule has 0 spiro atoms. The number of anilines is 1. The van der Waals surface area contributed by atoms with Crippen LogP contribution in [0.4, 0.5) is 5.69 Å². The zero-order chi connectivity index (χ0) is 14.8. The van der Waals surface area contributed by atoms with Crippen molar-refractivity contribution in [1.82, 2.24) is 0 Å². The van der Waals surface area contributed by atoms with E-state index in [1.165, 1.54) is 5.56 Å². The maximum Gasteiger partial charge on any atom is 0.229 e. The monoisotopic (exact) mass is 281 g/mol. The maximum atomic E-state index is 12.5. The van der Waals surface area contributed by atoms with Gasteiger partial charge in [0, 0.05) is 18.2 Å². The van der Waals surface area contributed by atoms with Gasteiger partial charge in [-0.1, -0.05) is 55.5 Å². The minimum absolute atomic E-state index is 0.0249. The van der Waals surface area contributed by atoms with Gasteiger partial charge in [0.25, 0.3) is 0 Å². The van der Waals surface area contributed by atoms with Crippen molar-refractivity contribution in [1.29, 1.82) is 0 Å². The Hall–Kier alpha value is -2.13. The summed E-state index contributed by atoms with van der Waals surface area (Å²) in [6.45, 7) is 2.82. The molecule has 1 aliphatic heterocycles. The number of carbonyl (C=O) groups is 1. The largest absolute Gasteiger partial charge is 0.388 e. The molecule has 21 heavy (non-hydrogen) atoms. The Bertz CT molecular complexity index is 639. The van der Waals surface area contributed by atoms with Crippen molar-refractivity contribution >= 4 is 11.6 Å². The van der Waals surface area contributed by atoms with Crippen LogP contribution >= 0.6 is 0 Å². The molecule has 2 atom stereocenters. The summed E-state index contributed by atoms with van der Waals surface area (Å²) in [6.07, 6.45) is -0.632. The Morgan fingerprint density at radius 3 is 2.62 bits per heavy atom. The highest BCUT2D eigenvalue weighted by atomic mass is 16.3. The first kappa shape index (κ1) is 13.8. The summed E-state index contributed by atoms with van der Waals surface area (Å²) in [4.78, 5) is 14.3. The second-order valence-corrected chi connectivity index (χ2v) is 5.59. The lowest BCUT2D eigenvalue weighted by Gasteiger charge is -2.19. The number of aliphatic hydroxyl groups excluding tert-OH is 1. The number of hydrogen-bond acceptors (Lipinski definition) is 2. The molecule has 0 aliphatic carbocycles. The van der Waals surface area contributed by atoms with Crippen molar-refractivity contribution in [3.63, 3.8) is 0 Å². The van der Waals surface area contributed by atoms with Gasteiger partial charge in [0.2, 0.25) is 5.91 Å². The molecule has 0 aromatic heterocycles. The Labute approximate surface area is 124 Å². The number of benzene rings is 2. The van der Waals surface area contributed by atoms with E-state index >= 15 is 0 Å². The minimum atomic E-state index is -0.748. The van der Waals surface area contributed by atoms with Crippen molar-refractivity contribution in [2.24, 2.45) is 0 Å². The molecule has 0 bridgehead atoms. The third-order valence-electron chi connectivity index (χ3n) is 4.07. The molecule has 108 valence electrons. The van der Waals surface area contributed by atoms with Crippen LogP contribution < -0.4 is 4.90 Å². The van der Waals surface area contributed by atoms with E-state index in [0.717, 1.165) is 11.3 Å². The van der Waals surface area contributed by atoms with Crippen LogP contribution in [0.5, 0.6) is 0 Å². The van der Waals surface area contributed by atoms with Gasteiger partial charge in [-0.05, 0) is 17.2 Å². The Morgan fingerprint density at radius 1 is 1.19 bits per heavy atom. The molecule has 3 nitrogen and oxygen atoms in total. The topological polar surface area (TPSA) is 40.5 Å². The molecular formula is C18H19NO2. The molecule has 2 unspecified atom stereocenters. The average molecular weight is 281 g/mol. The molecule has 1 amide bonds. The third kappa shape index (κ3) is 2.69. The predicted molar refractivity (Wildman–Crippen MR) is 83.2 cm³/mol. The van der Waals surface area contributed by atoms with Crippen molar-refractivity contribution in [3.05, 3.63) is 65.7 Å². The summed E-state index contributed by atoms with van der Waals surface area (Å²) >= 11 is 0. The molecule has 0 saturated heterocycles. The van der Waals surface area contributed by atoms with Gasteiger partial charge in [-0.15, -0.1) is 0 Å². The van der Waals surface area contributed by atoms with Gasteiger partial charge in [0.05, 0.1) is 12.5 Å². The highest BCUT2D eigenvalue weighted by Crippen LogP contribution is 2.36. The van der Waals surface area contributed by atoms with E-state index in [4.69, 9.17) is 0 Å². The van der Waals surface area contributed by atoms with Gasteiger partial charge in [-0.2, -0.15) is 0 Å². The van der Waals surface area contributed by atoms with E-state index in [1.807, 2.05) is 48.5 Å². The maximum absolute atomic E-state index is 12.5. The normalized spacial score (nSPS) is 18.4. The smallest absolute Gasteiger partial charge is 0.229 e. The quantitative estimate of drug-likeness (QED) is 0.938. The van der Waals surface area contributed by atoms with Gasteiger partial charge in [-0.3, -0.25) is 4.79 Å². The summed E-state index contributed by atoms with van der Waals surface area (Å²) in [7, 11) is 0. The number of aliphatic hydroxyl groups is 1. The van der Waals surface area contributed by atoms with Gasteiger partial charge < -0.3 is 10.0 Å². The summed E-state index contributed by atoms with van der Waals surface area (Å²) in [5, 5.41) is 10.2. The number of nitrogens with zero attached hydrogens (tertiary/aromatic N) is 1. The SMILES string of the molecule is CC1CN(C(=O)CC(O)c2ccccc2)c2ccccc21. The number of para-hydroxylation sites is 1. The molecule has 0 saturated carbocycles. The fourth-order valence-electron chi connectivity index (χ4n) is 2.93. The third-order valence-corrected chi connectivity index (χ3v) is 4.07. The minimum Gasteiger partial charge on any atom is -0.388 e. The van der Waals surface area contributed by atoms with Crippen LogP contribution in [-0.2, 0) is 4.79 Å². The van der Waals surface area contributed by atoms with Crippen molar-refractivity contribution in [2.45, 2.75) is 25.4 Å². The summed E-state index contributed by atoms with van der Waals surface area (Å²) in [5.74, 6) is 0.321. The van der Waals surface area contributed by atoms with Crippen LogP contribution in [0.25, 0.3) is 0 Å². The molecule has 1 heterocycles. The van der Waals surface area contributed by atoms with Crippen molar-refractivity contribution in [3.8, 4) is 0 Å². The highest BCUT2D eigenvalue weighted by Gasteiger charge is 2.30. The summed E-state index contributed by atoms with van der Waals surface area (Å²) in [5.41, 5.74) is 2.97. The van der Waals surface area contributed by atoms with E-state index in [1.54, 1.807) is 4.90 Å². The molecule has 2 aromatic rings. The Kier molecular flexibility index (Phi) is 3.76. The predicted octanol–water partition coefficient (Wildman–Crippen LogP) is 3.26. The van der Waals surface area contributed by atoms with Crippen LogP contribution in [0.15, 0.2) is 54.6 Å². The number of carbonyl (C=O) groups excluding carboxylic acids is 1. The molecule has 3 rings (SSSR count). The van der Waals surface area contributed by atoms with E-state index < -0.39 is 6.10 Å². The van der Waals surface area contributed by atoms with Crippen LogP contribution in [0.2, 0.25) is 0 Å². The van der Waals surface area contributed by atoms with E-state index in [9.17, 15) is 9.90 Å². The molecule has 0 fully saturated rings. The van der Waals surface area contributed by atoms with E-state index in [-0.39, 0.29) is 12.3 Å². The fraction of sp³-hybridized carbons (Fsp3) is 0.278. The van der Waals surface area contributed by atoms with Crippen LogP contribution in [0, 0.1) is 0 Å². The van der Waals surface area contributed by atoms with Crippen LogP contribution in [0.3, 0.4) is 0 Å². The lowest BCUT2D eigenvalue weighted by molar-refractivity contribution is -0.120. The van der Waals surface area contributed by atoms with Gasteiger partial charge >= 0.3 is 0 Å². The van der Waals surface area contributed by atoms with Crippen molar-refractivity contribution < 1.29 is 9.90 Å². The van der Waals surface area contributed by atoms with E-state index in [2.05, 4.69) is 13.0 Å². The molecule has 1 aliphatic rings. The second-order valence-electron chi connectivity index (χ2n) is 5.59. The Balaban J connectivity index is 1.75. The summed E-state index contributed by atoms with van der Waals surface area (Å²) < 4.78 is 0. The lowest BCUT2D eigenvalue weighted by Crippen LogP contribution is -2.30. The van der Waals surface area contributed by atoms with Crippen molar-refractivity contribution in [2.75, 3.05) is 11.4 Å². The molecule has 1 N–H and O–H groups in total. The molecule has 0 radical (unpaired) electrons. The van der Waals surface area contributed by atoms with Crippen LogP contribution in [-0.4, -0.2) is 17.6 Å². The first-order valence-corrected chi connectivity index (χ1v) is 7.29. The fourth-order valence-corrected chi connectivity index (χ4v) is 2.93. The first-order chi connectivity index (χ1) is 10.2. The molecule has 2 aromatic carbocycles. The van der Waals surface area contributed by atoms with Gasteiger partial charge in [0.15, 0.2) is 0 Å². The lowest BCUT2D eigenvalue weighted by atomic mass is 10.0. The zero-order valence-electron chi connectivity index (χ0n) is 12.1.